The Morgan fingerprint density at radius 2 is 2.00 bits per heavy atom. The first kappa shape index (κ1) is 20.9. The second-order valence-electron chi connectivity index (χ2n) is 7.88. The first-order valence-corrected chi connectivity index (χ1v) is 10.5. The maximum Gasteiger partial charge on any atom is 0.349 e. The quantitative estimate of drug-likeness (QED) is 0.575. The molecule has 3 rings (SSSR count). The Bertz CT molecular complexity index is 821. The molecule has 0 aliphatic carbocycles. The Hall–Kier alpha value is -1.85. The number of methoxy groups -OCH3 is 1. The third kappa shape index (κ3) is 5.36. The van der Waals surface area contributed by atoms with Crippen LogP contribution in [-0.2, 0) is 16.1 Å². The molecule has 1 saturated heterocycles. The summed E-state index contributed by atoms with van der Waals surface area (Å²) in [6.45, 7) is 6.56. The van der Waals surface area contributed by atoms with Crippen molar-refractivity contribution in [2.75, 3.05) is 20.2 Å². The Morgan fingerprint density at radius 1 is 1.21 bits per heavy atom. The molecule has 1 aliphatic heterocycles. The normalized spacial score (nSPS) is 17.9. The zero-order valence-corrected chi connectivity index (χ0v) is 18.4. The van der Waals surface area contributed by atoms with Gasteiger partial charge in [-0.2, -0.15) is 0 Å². The maximum absolute atomic E-state index is 11.9. The zero-order valence-electron chi connectivity index (χ0n) is 16.8. The third-order valence-corrected chi connectivity index (χ3v) is 5.67. The Balaban J connectivity index is 1.68. The summed E-state index contributed by atoms with van der Waals surface area (Å²) in [7, 11) is 1.38. The largest absolute Gasteiger partial charge is 0.476 e. The molecule has 1 atom stereocenters. The van der Waals surface area contributed by atoms with Crippen LogP contribution in [0.25, 0.3) is 0 Å². The lowest BCUT2D eigenvalue weighted by atomic mass is 9.90. The number of halogens is 1. The summed E-state index contributed by atoms with van der Waals surface area (Å²) in [4.78, 5) is 14.4. The number of carbonyl (C=O) groups is 1. The molecule has 0 amide bonds. The molecule has 2 aromatic rings. The average molecular weight is 446 g/mol. The minimum Gasteiger partial charge on any atom is -0.476 e. The van der Waals surface area contributed by atoms with E-state index in [9.17, 15) is 4.79 Å². The van der Waals surface area contributed by atoms with E-state index >= 15 is 0 Å². The highest BCUT2D eigenvalue weighted by molar-refractivity contribution is 9.10. The summed E-state index contributed by atoms with van der Waals surface area (Å²) in [5.41, 5.74) is 1.58. The zero-order chi connectivity index (χ0) is 20.1. The lowest BCUT2D eigenvalue weighted by molar-refractivity contribution is -0.156. The molecule has 5 heteroatoms. The molecular formula is C23H28BrNO3. The molecule has 1 unspecified atom stereocenters. The van der Waals surface area contributed by atoms with Gasteiger partial charge >= 0.3 is 5.97 Å². The van der Waals surface area contributed by atoms with Crippen LogP contribution in [0.2, 0.25) is 0 Å². The monoisotopic (exact) mass is 445 g/mol. The van der Waals surface area contributed by atoms with Crippen LogP contribution in [0.5, 0.6) is 5.75 Å². The second-order valence-corrected chi connectivity index (χ2v) is 8.80. The molecule has 0 aromatic heterocycles. The van der Waals surface area contributed by atoms with Gasteiger partial charge in [-0.05, 0) is 74.5 Å². The van der Waals surface area contributed by atoms with Crippen molar-refractivity contribution in [1.29, 1.82) is 0 Å². The summed E-state index contributed by atoms with van der Waals surface area (Å²) >= 11 is 3.56. The van der Waals surface area contributed by atoms with Crippen molar-refractivity contribution in [3.8, 4) is 5.75 Å². The van der Waals surface area contributed by atoms with Crippen molar-refractivity contribution in [2.45, 2.75) is 44.8 Å². The predicted octanol–water partition coefficient (Wildman–Crippen LogP) is 5.16. The SMILES string of the molecule is COC(=O)C(C)(C)Oc1cccc(C2CCCN(Cc3cccc(Br)c3)C2)c1. The molecule has 4 nitrogen and oxygen atoms in total. The minimum atomic E-state index is -1.01. The molecular weight excluding hydrogens is 418 g/mol. The van der Waals surface area contributed by atoms with Crippen LogP contribution in [-0.4, -0.2) is 36.7 Å². The number of ether oxygens (including phenoxy) is 2. The van der Waals surface area contributed by atoms with Crippen molar-refractivity contribution in [2.24, 2.45) is 0 Å². The lowest BCUT2D eigenvalue weighted by Gasteiger charge is -2.33. The highest BCUT2D eigenvalue weighted by Crippen LogP contribution is 2.31. The van der Waals surface area contributed by atoms with Crippen LogP contribution in [0.3, 0.4) is 0 Å². The minimum absolute atomic E-state index is 0.379. The van der Waals surface area contributed by atoms with Gasteiger partial charge in [0.05, 0.1) is 7.11 Å². The van der Waals surface area contributed by atoms with E-state index in [1.165, 1.54) is 31.1 Å². The molecule has 0 spiro atoms. The molecule has 28 heavy (non-hydrogen) atoms. The fourth-order valence-electron chi connectivity index (χ4n) is 3.78. The Morgan fingerprint density at radius 3 is 2.75 bits per heavy atom. The number of likely N-dealkylation sites (tertiary alicyclic amines) is 1. The number of esters is 1. The number of piperidine rings is 1. The van der Waals surface area contributed by atoms with Crippen molar-refractivity contribution < 1.29 is 14.3 Å². The number of benzene rings is 2. The van der Waals surface area contributed by atoms with Crippen LogP contribution in [0.1, 0.15) is 43.7 Å². The molecule has 1 aliphatic rings. The number of rotatable bonds is 6. The highest BCUT2D eigenvalue weighted by Gasteiger charge is 2.31. The maximum atomic E-state index is 11.9. The number of carbonyl (C=O) groups excluding carboxylic acids is 1. The van der Waals surface area contributed by atoms with E-state index in [1.54, 1.807) is 13.8 Å². The molecule has 0 N–H and O–H groups in total. The molecule has 0 saturated carbocycles. The van der Waals surface area contributed by atoms with Gasteiger partial charge in [-0.1, -0.05) is 40.2 Å². The molecule has 1 heterocycles. The molecule has 0 bridgehead atoms. The van der Waals surface area contributed by atoms with Crippen LogP contribution in [0.15, 0.2) is 53.0 Å². The van der Waals surface area contributed by atoms with Gasteiger partial charge < -0.3 is 9.47 Å². The van der Waals surface area contributed by atoms with Gasteiger partial charge in [0.25, 0.3) is 0 Å². The van der Waals surface area contributed by atoms with Gasteiger partial charge in [0.15, 0.2) is 5.60 Å². The van der Waals surface area contributed by atoms with E-state index in [-0.39, 0.29) is 5.97 Å². The highest BCUT2D eigenvalue weighted by atomic mass is 79.9. The van der Waals surface area contributed by atoms with Crippen molar-refractivity contribution >= 4 is 21.9 Å². The van der Waals surface area contributed by atoms with Crippen LogP contribution >= 0.6 is 15.9 Å². The lowest BCUT2D eigenvalue weighted by Crippen LogP contribution is -2.39. The van der Waals surface area contributed by atoms with Crippen LogP contribution in [0, 0.1) is 0 Å². The van der Waals surface area contributed by atoms with E-state index < -0.39 is 5.60 Å². The molecule has 2 aromatic carbocycles. The van der Waals surface area contributed by atoms with Gasteiger partial charge in [0, 0.05) is 17.6 Å². The smallest absolute Gasteiger partial charge is 0.349 e. The van der Waals surface area contributed by atoms with Crippen molar-refractivity contribution in [3.05, 3.63) is 64.1 Å². The van der Waals surface area contributed by atoms with E-state index in [2.05, 4.69) is 57.2 Å². The molecule has 1 fully saturated rings. The topological polar surface area (TPSA) is 38.8 Å². The standard InChI is InChI=1S/C23H28BrNO3/c1-23(2,22(26)27-3)28-21-11-5-8-18(14-21)19-9-6-12-25(16-19)15-17-7-4-10-20(24)13-17/h4-5,7-8,10-11,13-14,19H,6,9,12,15-16H2,1-3H3. The Kier molecular flexibility index (Phi) is 6.78. The molecule has 0 radical (unpaired) electrons. The van der Waals surface area contributed by atoms with Gasteiger partial charge in [0.1, 0.15) is 5.75 Å². The van der Waals surface area contributed by atoms with Gasteiger partial charge in [-0.3, -0.25) is 4.90 Å². The first-order valence-electron chi connectivity index (χ1n) is 9.71. The number of nitrogens with zero attached hydrogens (tertiary/aromatic N) is 1. The molecule has 150 valence electrons. The van der Waals surface area contributed by atoms with E-state index in [1.807, 2.05) is 12.1 Å². The third-order valence-electron chi connectivity index (χ3n) is 5.18. The summed E-state index contributed by atoms with van der Waals surface area (Å²) < 4.78 is 11.9. The summed E-state index contributed by atoms with van der Waals surface area (Å²) in [5.74, 6) is 0.790. The number of hydrogen-bond donors (Lipinski definition) is 0. The van der Waals surface area contributed by atoms with E-state index in [0.717, 1.165) is 24.1 Å². The van der Waals surface area contributed by atoms with Crippen molar-refractivity contribution in [3.63, 3.8) is 0 Å². The van der Waals surface area contributed by atoms with Gasteiger partial charge in [0.2, 0.25) is 0 Å². The summed E-state index contributed by atoms with van der Waals surface area (Å²) in [6.07, 6.45) is 2.34. The van der Waals surface area contributed by atoms with Gasteiger partial charge in [-0.15, -0.1) is 0 Å². The Labute approximate surface area is 176 Å². The van der Waals surface area contributed by atoms with E-state index in [4.69, 9.17) is 9.47 Å². The average Bonchev–Trinajstić information content (AvgIpc) is 2.67. The van der Waals surface area contributed by atoms with Gasteiger partial charge in [-0.25, -0.2) is 4.79 Å². The number of hydrogen-bond acceptors (Lipinski definition) is 4. The summed E-state index contributed by atoms with van der Waals surface area (Å²) in [5, 5.41) is 0. The van der Waals surface area contributed by atoms with Crippen LogP contribution in [0.4, 0.5) is 0 Å². The van der Waals surface area contributed by atoms with Crippen molar-refractivity contribution in [1.82, 2.24) is 4.90 Å². The second kappa shape index (κ2) is 9.10. The van der Waals surface area contributed by atoms with Crippen LogP contribution < -0.4 is 4.74 Å². The summed E-state index contributed by atoms with van der Waals surface area (Å²) in [6, 6.07) is 16.6. The fraction of sp³-hybridized carbons (Fsp3) is 0.435. The van der Waals surface area contributed by atoms with E-state index in [0.29, 0.717) is 11.7 Å². The fourth-order valence-corrected chi connectivity index (χ4v) is 4.23. The predicted molar refractivity (Wildman–Crippen MR) is 115 cm³/mol. The first-order chi connectivity index (χ1) is 13.4.